The molecule has 0 spiro atoms. The molecule has 1 aliphatic heterocycles. The third-order valence-corrected chi connectivity index (χ3v) is 4.44. The smallest absolute Gasteiger partial charge is 0.253 e. The van der Waals surface area contributed by atoms with Crippen LogP contribution in [-0.4, -0.2) is 27.5 Å². The summed E-state index contributed by atoms with van der Waals surface area (Å²) in [6.45, 7) is 3.77. The lowest BCUT2D eigenvalue weighted by molar-refractivity contribution is 0.166. The molecule has 1 aromatic carbocycles. The Bertz CT molecular complexity index is 737. The molecular formula is C18H20N4O. The first-order valence-electron chi connectivity index (χ1n) is 7.96. The van der Waals surface area contributed by atoms with E-state index in [0.29, 0.717) is 11.5 Å². The molecule has 1 aliphatic rings. The van der Waals surface area contributed by atoms with Crippen LogP contribution in [0.15, 0.2) is 47.7 Å². The summed E-state index contributed by atoms with van der Waals surface area (Å²) < 4.78 is 1.71. The first-order valence-corrected chi connectivity index (χ1v) is 7.96. The first kappa shape index (κ1) is 15.4. The fourth-order valence-corrected chi connectivity index (χ4v) is 3.06. The van der Waals surface area contributed by atoms with Crippen LogP contribution in [0.2, 0.25) is 0 Å². The first-order chi connectivity index (χ1) is 11.2. The van der Waals surface area contributed by atoms with Gasteiger partial charge in [-0.3, -0.25) is 14.3 Å². The Morgan fingerprint density at radius 2 is 1.91 bits per heavy atom. The summed E-state index contributed by atoms with van der Waals surface area (Å²) in [5.74, 6) is 0.536. The van der Waals surface area contributed by atoms with Gasteiger partial charge in [0.05, 0.1) is 18.0 Å². The minimum Gasteiger partial charge on any atom is -0.299 e. The Morgan fingerprint density at radius 1 is 1.17 bits per heavy atom. The van der Waals surface area contributed by atoms with E-state index in [9.17, 15) is 4.79 Å². The number of hydrogen-bond donors (Lipinski definition) is 0. The number of benzene rings is 1. The van der Waals surface area contributed by atoms with E-state index in [-0.39, 0.29) is 5.56 Å². The van der Waals surface area contributed by atoms with Gasteiger partial charge in [0.1, 0.15) is 0 Å². The number of nitrogens with zero attached hydrogens (tertiary/aromatic N) is 4. The Balaban J connectivity index is 1.51. The molecule has 118 valence electrons. The number of aromatic nitrogens is 2. The Labute approximate surface area is 135 Å². The molecule has 0 radical (unpaired) electrons. The van der Waals surface area contributed by atoms with Gasteiger partial charge in [0, 0.05) is 25.4 Å². The predicted octanol–water partition coefficient (Wildman–Crippen LogP) is 2.03. The molecule has 0 atom stereocenters. The average molecular weight is 308 g/mol. The van der Waals surface area contributed by atoms with Gasteiger partial charge in [-0.05, 0) is 49.5 Å². The van der Waals surface area contributed by atoms with E-state index < -0.39 is 0 Å². The fourth-order valence-electron chi connectivity index (χ4n) is 3.06. The zero-order valence-corrected chi connectivity index (χ0v) is 13.1. The monoisotopic (exact) mass is 308 g/mol. The van der Waals surface area contributed by atoms with Crippen LogP contribution in [0.4, 0.5) is 0 Å². The summed E-state index contributed by atoms with van der Waals surface area (Å²) >= 11 is 0. The normalized spacial score (nSPS) is 16.1. The molecule has 23 heavy (non-hydrogen) atoms. The molecule has 0 bridgehead atoms. The van der Waals surface area contributed by atoms with Gasteiger partial charge >= 0.3 is 0 Å². The zero-order chi connectivity index (χ0) is 16.1. The maximum atomic E-state index is 11.7. The second kappa shape index (κ2) is 7.21. The minimum atomic E-state index is 0.0278. The van der Waals surface area contributed by atoms with E-state index in [4.69, 9.17) is 5.26 Å². The molecule has 0 N–H and O–H groups in total. The van der Waals surface area contributed by atoms with E-state index in [0.717, 1.165) is 39.0 Å². The van der Waals surface area contributed by atoms with Crippen LogP contribution < -0.4 is 5.56 Å². The highest BCUT2D eigenvalue weighted by Gasteiger charge is 2.19. The zero-order valence-electron chi connectivity index (χ0n) is 13.1. The Kier molecular flexibility index (Phi) is 4.84. The molecule has 0 amide bonds. The van der Waals surface area contributed by atoms with Gasteiger partial charge in [-0.15, -0.1) is 0 Å². The molecule has 3 rings (SSSR count). The molecule has 0 saturated carbocycles. The molecule has 1 fully saturated rings. The number of hydrogen-bond acceptors (Lipinski definition) is 4. The van der Waals surface area contributed by atoms with Crippen LogP contribution in [0, 0.1) is 17.2 Å². The molecule has 0 unspecified atom stereocenters. The van der Waals surface area contributed by atoms with Crippen LogP contribution in [0.25, 0.3) is 0 Å². The van der Waals surface area contributed by atoms with Crippen molar-refractivity contribution >= 4 is 0 Å². The molecule has 1 saturated heterocycles. The third-order valence-electron chi connectivity index (χ3n) is 4.44. The topological polar surface area (TPSA) is 61.9 Å². The highest BCUT2D eigenvalue weighted by atomic mass is 16.1. The Morgan fingerprint density at radius 3 is 2.57 bits per heavy atom. The number of rotatable bonds is 4. The van der Waals surface area contributed by atoms with Crippen LogP contribution in [0.5, 0.6) is 0 Å². The minimum absolute atomic E-state index is 0.0278. The van der Waals surface area contributed by atoms with E-state index in [1.165, 1.54) is 11.6 Å². The average Bonchev–Trinajstić information content (AvgIpc) is 2.59. The van der Waals surface area contributed by atoms with Gasteiger partial charge in [-0.25, -0.2) is 4.98 Å². The molecule has 1 aromatic heterocycles. The molecule has 0 aliphatic carbocycles. The van der Waals surface area contributed by atoms with Gasteiger partial charge < -0.3 is 0 Å². The van der Waals surface area contributed by atoms with Crippen molar-refractivity contribution in [1.29, 1.82) is 5.26 Å². The standard InChI is InChI=1S/C18H20N4O/c19-11-15-1-3-16(4-2-15)12-21-9-6-17(7-10-21)13-22-14-20-8-5-18(22)23/h1-5,8,14,17H,6-7,9-10,12-13H2. The van der Waals surface area contributed by atoms with Gasteiger partial charge in [0.25, 0.3) is 5.56 Å². The van der Waals surface area contributed by atoms with E-state index in [1.54, 1.807) is 17.1 Å². The van der Waals surface area contributed by atoms with Crippen LogP contribution in [-0.2, 0) is 13.1 Å². The SMILES string of the molecule is N#Cc1ccc(CN2CCC(Cn3cnccc3=O)CC2)cc1. The van der Waals surface area contributed by atoms with Crippen molar-refractivity contribution in [3.63, 3.8) is 0 Å². The van der Waals surface area contributed by atoms with Crippen LogP contribution >= 0.6 is 0 Å². The molecule has 5 nitrogen and oxygen atoms in total. The van der Waals surface area contributed by atoms with Crippen molar-refractivity contribution in [2.45, 2.75) is 25.9 Å². The van der Waals surface area contributed by atoms with Crippen LogP contribution in [0.3, 0.4) is 0 Å². The second-order valence-electron chi connectivity index (χ2n) is 6.10. The highest BCUT2D eigenvalue weighted by molar-refractivity contribution is 5.31. The van der Waals surface area contributed by atoms with Crippen molar-refractivity contribution in [2.75, 3.05) is 13.1 Å². The second-order valence-corrected chi connectivity index (χ2v) is 6.10. The van der Waals surface area contributed by atoms with Crippen molar-refractivity contribution in [2.24, 2.45) is 5.92 Å². The van der Waals surface area contributed by atoms with Crippen molar-refractivity contribution < 1.29 is 0 Å². The lowest BCUT2D eigenvalue weighted by atomic mass is 9.96. The number of likely N-dealkylation sites (tertiary alicyclic amines) is 1. The summed E-state index contributed by atoms with van der Waals surface area (Å²) in [5.41, 5.74) is 1.97. The maximum absolute atomic E-state index is 11.7. The summed E-state index contributed by atoms with van der Waals surface area (Å²) in [4.78, 5) is 18.2. The summed E-state index contributed by atoms with van der Waals surface area (Å²) in [7, 11) is 0. The summed E-state index contributed by atoms with van der Waals surface area (Å²) in [5, 5.41) is 8.83. The molecule has 2 aromatic rings. The highest BCUT2D eigenvalue weighted by Crippen LogP contribution is 2.20. The van der Waals surface area contributed by atoms with Crippen molar-refractivity contribution in [1.82, 2.24) is 14.5 Å². The molecule has 2 heterocycles. The van der Waals surface area contributed by atoms with Gasteiger partial charge in [-0.1, -0.05) is 12.1 Å². The van der Waals surface area contributed by atoms with Gasteiger partial charge in [0.15, 0.2) is 0 Å². The largest absolute Gasteiger partial charge is 0.299 e. The predicted molar refractivity (Wildman–Crippen MR) is 87.7 cm³/mol. The van der Waals surface area contributed by atoms with Gasteiger partial charge in [-0.2, -0.15) is 5.26 Å². The summed E-state index contributed by atoms with van der Waals surface area (Å²) in [6.07, 6.45) is 5.36. The number of nitriles is 1. The Hall–Kier alpha value is -2.45. The van der Waals surface area contributed by atoms with Crippen LogP contribution in [0.1, 0.15) is 24.0 Å². The fraction of sp³-hybridized carbons (Fsp3) is 0.389. The van der Waals surface area contributed by atoms with E-state index >= 15 is 0 Å². The molecule has 5 heteroatoms. The lowest BCUT2D eigenvalue weighted by Crippen LogP contribution is -2.35. The maximum Gasteiger partial charge on any atom is 0.253 e. The number of piperidine rings is 1. The van der Waals surface area contributed by atoms with E-state index in [2.05, 4.69) is 16.0 Å². The molecular weight excluding hydrogens is 288 g/mol. The third kappa shape index (κ3) is 4.05. The summed E-state index contributed by atoms with van der Waals surface area (Å²) in [6, 6.07) is 11.5. The lowest BCUT2D eigenvalue weighted by Gasteiger charge is -2.32. The van der Waals surface area contributed by atoms with Crippen molar-refractivity contribution in [3.05, 3.63) is 64.3 Å². The van der Waals surface area contributed by atoms with Crippen molar-refractivity contribution in [3.8, 4) is 6.07 Å². The van der Waals surface area contributed by atoms with E-state index in [1.807, 2.05) is 24.3 Å². The quantitative estimate of drug-likeness (QED) is 0.867. The van der Waals surface area contributed by atoms with Gasteiger partial charge in [0.2, 0.25) is 0 Å².